The van der Waals surface area contributed by atoms with Gasteiger partial charge in [-0.1, -0.05) is 218 Å². The van der Waals surface area contributed by atoms with Gasteiger partial charge in [0, 0.05) is 115 Å². The van der Waals surface area contributed by atoms with Crippen LogP contribution in [0.5, 0.6) is 0 Å². The molecular weight excluding hydrogens is 1310 g/mol. The molecule has 8 nitrogen and oxygen atoms in total. The Labute approximate surface area is 619 Å². The second-order valence-corrected chi connectivity index (χ2v) is 28.4. The summed E-state index contributed by atoms with van der Waals surface area (Å²) in [4.78, 5) is 11.0. The summed E-state index contributed by atoms with van der Waals surface area (Å²) in [5, 5.41) is 14.4. The van der Waals surface area contributed by atoms with E-state index in [1.807, 2.05) is 0 Å². The fourth-order valence-electron chi connectivity index (χ4n) is 17.9. The molecule has 0 bridgehead atoms. The lowest BCUT2D eigenvalue weighted by molar-refractivity contribution is 1.15. The van der Waals surface area contributed by atoms with Gasteiger partial charge in [-0.05, 0) is 163 Å². The van der Waals surface area contributed by atoms with E-state index in [-0.39, 0.29) is 0 Å². The Bertz CT molecular complexity index is 7070. The van der Waals surface area contributed by atoms with E-state index < -0.39 is 0 Å². The average molecular weight is 1380 g/mol. The molecule has 108 heavy (non-hydrogen) atoms. The number of hydrogen-bond donors (Lipinski definition) is 0. The fraction of sp³-hybridized carbons (Fsp3) is 0. The first-order valence-corrected chi connectivity index (χ1v) is 36.9. The van der Waals surface area contributed by atoms with Crippen molar-refractivity contribution in [2.24, 2.45) is 0 Å². The number of rotatable bonds is 10. The zero-order valence-electron chi connectivity index (χ0n) is 58.4. The molecule has 0 saturated carbocycles. The molecule has 0 N–H and O–H groups in total. The first-order valence-electron chi connectivity index (χ1n) is 36.9. The molecule has 7 aromatic heterocycles. The zero-order valence-corrected chi connectivity index (χ0v) is 58.4. The van der Waals surface area contributed by atoms with Crippen LogP contribution in [0.2, 0.25) is 0 Å². The summed E-state index contributed by atoms with van der Waals surface area (Å²) in [6.07, 6.45) is 0. The quantitative estimate of drug-likeness (QED) is 0.137. The van der Waals surface area contributed by atoms with Gasteiger partial charge in [0.25, 0.3) is 0 Å². The topological polar surface area (TPSA) is 55.4 Å². The van der Waals surface area contributed by atoms with Gasteiger partial charge in [0.1, 0.15) is 0 Å². The molecule has 502 valence electrons. The van der Waals surface area contributed by atoms with E-state index in [1.165, 1.54) is 65.2 Å². The lowest BCUT2D eigenvalue weighted by Crippen LogP contribution is -2.01. The normalized spacial score (nSPS) is 12.1. The molecule has 0 aliphatic heterocycles. The van der Waals surface area contributed by atoms with Crippen molar-refractivity contribution in [1.29, 1.82) is 0 Å². The molecule has 8 heteroatoms. The standard InChI is InChI=1S/C100H62N8/c1-3-24-63(25-4-1)85-62-86(64-26-5-2-6-27-64)102-100(101-85)66-46-51-95(108-98-54-49-70(106-91-42-19-11-34-76(91)77-35-12-20-43-92(77)106)60-83(98)84-61-71(50-55-99(84)108)107-93-44-21-13-36-78(93)79-37-14-22-45-94(79)107)80(57-66)65-28-23-29-67(56-65)103-96-52-47-68(104-87-38-15-7-30-72(87)73-31-8-16-39-88(73)104)58-81(96)82-59-69(48-53-97(82)103)105-89-40-17-9-32-74(89)75-33-10-18-41-90(75)105/h1-62H. The Morgan fingerprint density at radius 3 is 0.750 bits per heavy atom. The molecule has 0 amide bonds. The van der Waals surface area contributed by atoms with Crippen molar-refractivity contribution in [1.82, 2.24) is 37.4 Å². The largest absolute Gasteiger partial charge is 0.309 e. The van der Waals surface area contributed by atoms with Crippen molar-refractivity contribution in [3.05, 3.63) is 376 Å². The minimum atomic E-state index is 0.633. The van der Waals surface area contributed by atoms with Crippen molar-refractivity contribution in [2.75, 3.05) is 0 Å². The third kappa shape index (κ3) is 8.98. The van der Waals surface area contributed by atoms with Gasteiger partial charge in [-0.3, -0.25) is 0 Å². The minimum absolute atomic E-state index is 0.633. The summed E-state index contributed by atoms with van der Waals surface area (Å²) >= 11 is 0. The maximum Gasteiger partial charge on any atom is 0.160 e. The van der Waals surface area contributed by atoms with Crippen LogP contribution < -0.4 is 0 Å². The molecule has 23 rings (SSSR count). The number of nitrogens with zero attached hydrogens (tertiary/aromatic N) is 8. The second-order valence-electron chi connectivity index (χ2n) is 28.4. The number of fused-ring (bicyclic) bond motifs is 18. The van der Waals surface area contributed by atoms with Gasteiger partial charge >= 0.3 is 0 Å². The summed E-state index contributed by atoms with van der Waals surface area (Å²) in [5.41, 5.74) is 26.8. The van der Waals surface area contributed by atoms with Crippen molar-refractivity contribution in [3.8, 4) is 79.2 Å². The summed E-state index contributed by atoms with van der Waals surface area (Å²) in [7, 11) is 0. The molecule has 0 saturated heterocycles. The highest BCUT2D eigenvalue weighted by Gasteiger charge is 2.25. The van der Waals surface area contributed by atoms with E-state index >= 15 is 0 Å². The molecule has 0 aliphatic carbocycles. The highest BCUT2D eigenvalue weighted by Crippen LogP contribution is 2.46. The van der Waals surface area contributed by atoms with Crippen LogP contribution in [0, 0.1) is 0 Å². The third-order valence-corrected chi connectivity index (χ3v) is 22.6. The highest BCUT2D eigenvalue weighted by atomic mass is 15.0. The van der Waals surface area contributed by atoms with E-state index in [0.29, 0.717) is 5.82 Å². The van der Waals surface area contributed by atoms with Crippen LogP contribution in [-0.2, 0) is 0 Å². The van der Waals surface area contributed by atoms with E-state index in [1.54, 1.807) is 0 Å². The molecule has 0 fully saturated rings. The predicted octanol–water partition coefficient (Wildman–Crippen LogP) is 25.7. The first kappa shape index (κ1) is 59.9. The van der Waals surface area contributed by atoms with Crippen molar-refractivity contribution in [3.63, 3.8) is 0 Å². The van der Waals surface area contributed by atoms with Gasteiger partial charge in [-0.25, -0.2) is 9.97 Å². The SMILES string of the molecule is c1ccc(-c2cc(-c3ccccc3)nc(-c3ccc(-n4c5ccc(-n6c7ccccc7c7ccccc76)cc5c5cc(-n6c7ccccc7c7ccccc76)ccc54)c(-c4cccc(-n5c6ccc(-n7c8ccccc8c8ccccc87)cc6c6cc(-n7c8ccccc8c8ccccc87)ccc65)c4)c3)n2)cc1. The third-order valence-electron chi connectivity index (χ3n) is 22.6. The smallest absolute Gasteiger partial charge is 0.160 e. The van der Waals surface area contributed by atoms with Gasteiger partial charge in [0.05, 0.1) is 83.3 Å². The monoisotopic (exact) mass is 1370 g/mol. The molecule has 0 atom stereocenters. The Hall–Kier alpha value is -14.6. The molecule has 0 unspecified atom stereocenters. The molecule has 0 radical (unpaired) electrons. The summed E-state index contributed by atoms with van der Waals surface area (Å²) < 4.78 is 14.7. The number of hydrogen-bond acceptors (Lipinski definition) is 2. The Morgan fingerprint density at radius 2 is 0.426 bits per heavy atom. The highest BCUT2D eigenvalue weighted by molar-refractivity contribution is 6.17. The second kappa shape index (κ2) is 23.5. The molecule has 0 spiro atoms. The molecule has 0 aliphatic rings. The van der Waals surface area contributed by atoms with Crippen LogP contribution in [-0.4, -0.2) is 37.4 Å². The predicted molar refractivity (Wildman–Crippen MR) is 450 cm³/mol. The van der Waals surface area contributed by atoms with Gasteiger partial charge in [0.2, 0.25) is 0 Å². The number of para-hydroxylation sites is 8. The lowest BCUT2D eigenvalue weighted by atomic mass is 9.99. The van der Waals surface area contributed by atoms with Crippen molar-refractivity contribution >= 4 is 131 Å². The van der Waals surface area contributed by atoms with Crippen molar-refractivity contribution in [2.45, 2.75) is 0 Å². The lowest BCUT2D eigenvalue weighted by Gasteiger charge is -2.18. The van der Waals surface area contributed by atoms with Crippen molar-refractivity contribution < 1.29 is 0 Å². The van der Waals surface area contributed by atoms with Gasteiger partial charge in [0.15, 0.2) is 5.82 Å². The molecule has 7 heterocycles. The Morgan fingerprint density at radius 1 is 0.157 bits per heavy atom. The maximum absolute atomic E-state index is 5.50. The van der Waals surface area contributed by atoms with Crippen LogP contribution >= 0.6 is 0 Å². The molecule has 23 aromatic rings. The van der Waals surface area contributed by atoms with Crippen LogP contribution in [0.4, 0.5) is 0 Å². The fourth-order valence-corrected chi connectivity index (χ4v) is 17.9. The van der Waals surface area contributed by atoms with Gasteiger partial charge in [-0.2, -0.15) is 0 Å². The molecule has 16 aromatic carbocycles. The van der Waals surface area contributed by atoms with E-state index in [0.717, 1.165) is 139 Å². The minimum Gasteiger partial charge on any atom is -0.309 e. The Balaban J connectivity index is 0.786. The maximum atomic E-state index is 5.50. The van der Waals surface area contributed by atoms with E-state index in [2.05, 4.69) is 404 Å². The average Bonchev–Trinajstić information content (AvgIpc) is 1.55. The summed E-state index contributed by atoms with van der Waals surface area (Å²) in [5.74, 6) is 0.633. The van der Waals surface area contributed by atoms with Crippen LogP contribution in [0.1, 0.15) is 0 Å². The number of aromatic nitrogens is 8. The first-order chi connectivity index (χ1) is 53.6. The zero-order chi connectivity index (χ0) is 70.7. The van der Waals surface area contributed by atoms with Gasteiger partial charge < -0.3 is 27.4 Å². The van der Waals surface area contributed by atoms with Crippen LogP contribution in [0.25, 0.3) is 210 Å². The van der Waals surface area contributed by atoms with E-state index in [9.17, 15) is 0 Å². The summed E-state index contributed by atoms with van der Waals surface area (Å²) in [6.45, 7) is 0. The molecular formula is C100H62N8. The van der Waals surface area contributed by atoms with Crippen LogP contribution in [0.3, 0.4) is 0 Å². The van der Waals surface area contributed by atoms with Gasteiger partial charge in [-0.15, -0.1) is 0 Å². The Kier molecular flexibility index (Phi) is 13.0. The van der Waals surface area contributed by atoms with Crippen LogP contribution in [0.15, 0.2) is 376 Å². The van der Waals surface area contributed by atoms with E-state index in [4.69, 9.17) is 9.97 Å². The number of benzene rings is 16. The summed E-state index contributed by atoms with van der Waals surface area (Å²) in [6, 6.07) is 138.